The molecule has 0 spiro atoms. The summed E-state index contributed by atoms with van der Waals surface area (Å²) < 4.78 is 23.3. The van der Waals surface area contributed by atoms with Crippen molar-refractivity contribution in [1.82, 2.24) is 14.2 Å². The summed E-state index contributed by atoms with van der Waals surface area (Å²) >= 11 is 0. The summed E-state index contributed by atoms with van der Waals surface area (Å²) in [5.41, 5.74) is 3.07. The van der Waals surface area contributed by atoms with Crippen LogP contribution in [-0.4, -0.2) is 76.5 Å². The third kappa shape index (κ3) is 5.14. The molecule has 0 saturated carbocycles. The number of carbonyl (C=O) groups excluding carboxylic acids is 2. The number of likely N-dealkylation sites (tertiary alicyclic amines) is 1. The van der Waals surface area contributed by atoms with E-state index in [2.05, 4.69) is 42.9 Å². The van der Waals surface area contributed by atoms with E-state index in [0.717, 1.165) is 68.8 Å². The highest BCUT2D eigenvalue weighted by molar-refractivity contribution is 7.52. The Kier molecular flexibility index (Phi) is 7.87. The Morgan fingerprint density at radius 2 is 1.05 bits per heavy atom. The van der Waals surface area contributed by atoms with E-state index in [1.54, 1.807) is 0 Å². The maximum Gasteiger partial charge on any atom is 0.262 e. The Balaban J connectivity index is 1.13. The zero-order chi connectivity index (χ0) is 29.6. The summed E-state index contributed by atoms with van der Waals surface area (Å²) in [6, 6.07) is 31.1. The summed E-state index contributed by atoms with van der Waals surface area (Å²) in [5, 5.41) is 0. The van der Waals surface area contributed by atoms with Gasteiger partial charge < -0.3 is 18.4 Å². The van der Waals surface area contributed by atoms with Crippen LogP contribution in [0.25, 0.3) is 0 Å². The molecule has 5 fully saturated rings. The first kappa shape index (κ1) is 28.6. The number of hydrogen-bond acceptors (Lipinski definition) is 8. The third-order valence-corrected chi connectivity index (χ3v) is 13.7. The lowest BCUT2D eigenvalue weighted by Crippen LogP contribution is -2.36. The van der Waals surface area contributed by atoms with Gasteiger partial charge in [0.25, 0.3) is 11.8 Å². The van der Waals surface area contributed by atoms with Crippen molar-refractivity contribution >= 4 is 40.1 Å². The summed E-state index contributed by atoms with van der Waals surface area (Å²) in [5.74, 6) is -0.610. The lowest BCUT2D eigenvalue weighted by atomic mass is 10.2. The number of nitrogens with zero attached hydrogens (tertiary/aromatic N) is 5. The van der Waals surface area contributed by atoms with Crippen molar-refractivity contribution in [2.45, 2.75) is 56.5 Å². The SMILES string of the molecule is O=C1[C@H](O[P@]2N(c3ccccc3)C[C@@H]3CCCN32)[C@@H](O[P@@]2N(c3ccccc3)C[C@@H]3CCCN32)C(=O)N1Cc1ccccc1. The number of carbonyl (C=O) groups is 2. The fraction of sp³-hybridized carbons (Fsp3) is 0.394. The van der Waals surface area contributed by atoms with Crippen molar-refractivity contribution < 1.29 is 18.6 Å². The smallest absolute Gasteiger partial charge is 0.262 e. The molecule has 0 unspecified atom stereocenters. The first-order valence-electron chi connectivity index (χ1n) is 15.7. The molecule has 5 heterocycles. The van der Waals surface area contributed by atoms with E-state index in [4.69, 9.17) is 9.05 Å². The molecule has 0 N–H and O–H groups in total. The number of para-hydroxylation sites is 2. The molecule has 0 aliphatic carbocycles. The third-order valence-electron chi connectivity index (χ3n) is 9.31. The zero-order valence-electron chi connectivity index (χ0n) is 24.6. The molecule has 0 bridgehead atoms. The van der Waals surface area contributed by atoms with E-state index >= 15 is 0 Å². The molecule has 5 aliphatic rings. The fourth-order valence-electron chi connectivity index (χ4n) is 7.12. The van der Waals surface area contributed by atoms with E-state index in [1.165, 1.54) is 4.90 Å². The number of benzene rings is 3. The van der Waals surface area contributed by atoms with Gasteiger partial charge in [0.2, 0.25) is 16.9 Å². The molecule has 9 nitrogen and oxygen atoms in total. The first-order valence-corrected chi connectivity index (χ1v) is 18.0. The van der Waals surface area contributed by atoms with Crippen LogP contribution in [0.1, 0.15) is 31.2 Å². The quantitative estimate of drug-likeness (QED) is 0.231. The van der Waals surface area contributed by atoms with Gasteiger partial charge in [-0.05, 0) is 55.5 Å². The van der Waals surface area contributed by atoms with Crippen LogP contribution in [0, 0.1) is 0 Å². The van der Waals surface area contributed by atoms with Gasteiger partial charge in [-0.3, -0.25) is 14.5 Å². The van der Waals surface area contributed by atoms with Crippen molar-refractivity contribution in [2.75, 3.05) is 35.5 Å². The first-order chi connectivity index (χ1) is 21.7. The Labute approximate surface area is 261 Å². The van der Waals surface area contributed by atoms with Gasteiger partial charge in [-0.15, -0.1) is 0 Å². The van der Waals surface area contributed by atoms with Gasteiger partial charge in [0, 0.05) is 49.6 Å². The molecule has 8 rings (SSSR count). The largest absolute Gasteiger partial charge is 0.315 e. The average Bonchev–Trinajstić information content (AvgIpc) is 3.87. The van der Waals surface area contributed by atoms with Gasteiger partial charge >= 0.3 is 0 Å². The summed E-state index contributed by atoms with van der Waals surface area (Å²) in [4.78, 5) is 29.9. The van der Waals surface area contributed by atoms with Crippen LogP contribution in [-0.2, 0) is 25.2 Å². The molecule has 3 aromatic carbocycles. The fourth-order valence-corrected chi connectivity index (χ4v) is 11.8. The maximum atomic E-state index is 14.3. The number of fused-ring (bicyclic) bond motifs is 2. The molecule has 2 amide bonds. The second-order valence-corrected chi connectivity index (χ2v) is 15.5. The van der Waals surface area contributed by atoms with E-state index in [9.17, 15) is 9.59 Å². The molecular weight excluding hydrogens is 592 g/mol. The van der Waals surface area contributed by atoms with Gasteiger partial charge in [0.15, 0.2) is 12.2 Å². The lowest BCUT2D eigenvalue weighted by Gasteiger charge is -2.34. The monoisotopic (exact) mass is 629 g/mol. The molecule has 3 aromatic rings. The van der Waals surface area contributed by atoms with Crippen LogP contribution < -0.4 is 9.34 Å². The highest BCUT2D eigenvalue weighted by Gasteiger charge is 2.57. The Hall–Kier alpha value is -2.90. The van der Waals surface area contributed by atoms with E-state index < -0.39 is 29.1 Å². The normalized spacial score (nSPS) is 30.5. The topological polar surface area (TPSA) is 68.8 Å². The summed E-state index contributed by atoms with van der Waals surface area (Å²) in [6.45, 7) is 3.77. The van der Waals surface area contributed by atoms with Gasteiger partial charge in [-0.2, -0.15) is 0 Å². The second-order valence-electron chi connectivity index (χ2n) is 12.1. The average molecular weight is 630 g/mol. The van der Waals surface area contributed by atoms with Crippen LogP contribution in [0.2, 0.25) is 0 Å². The number of imide groups is 1. The molecular formula is C33H37N5O4P2. The molecule has 44 heavy (non-hydrogen) atoms. The van der Waals surface area contributed by atoms with Crippen LogP contribution in [0.5, 0.6) is 0 Å². The Morgan fingerprint density at radius 1 is 0.614 bits per heavy atom. The van der Waals surface area contributed by atoms with Gasteiger partial charge in [-0.1, -0.05) is 66.7 Å². The van der Waals surface area contributed by atoms with Gasteiger partial charge in [0.05, 0.1) is 6.54 Å². The molecule has 0 radical (unpaired) electrons. The Morgan fingerprint density at radius 3 is 1.50 bits per heavy atom. The van der Waals surface area contributed by atoms with Crippen LogP contribution in [0.15, 0.2) is 91.0 Å². The predicted octanol–water partition coefficient (Wildman–Crippen LogP) is 5.75. The minimum atomic E-state index is -1.30. The standard InChI is InChI=1S/C33H37N5O4P2/c39-32-30(41-43-35-20-10-18-28(35)23-37(43)26-14-6-2-7-15-26)31(33(40)34(32)22-25-12-4-1-5-13-25)42-44-36-21-11-19-29(36)24-38(44)27-16-8-3-9-17-27/h1-9,12-17,28-31H,10-11,18-24H2/t28-,29-,30+,31+,43-,44+/m0/s1. The molecule has 0 aromatic heterocycles. The van der Waals surface area contributed by atoms with Crippen LogP contribution >= 0.6 is 16.9 Å². The maximum absolute atomic E-state index is 14.3. The molecule has 6 atom stereocenters. The minimum Gasteiger partial charge on any atom is -0.315 e. The number of anilines is 2. The minimum absolute atomic E-state index is 0.206. The van der Waals surface area contributed by atoms with E-state index in [1.807, 2.05) is 66.7 Å². The summed E-state index contributed by atoms with van der Waals surface area (Å²) in [6.07, 6.45) is 2.42. The van der Waals surface area contributed by atoms with Crippen LogP contribution in [0.3, 0.4) is 0 Å². The van der Waals surface area contributed by atoms with E-state index in [-0.39, 0.29) is 18.4 Å². The van der Waals surface area contributed by atoms with Crippen LogP contribution in [0.4, 0.5) is 11.4 Å². The second kappa shape index (κ2) is 12.1. The van der Waals surface area contributed by atoms with Crippen molar-refractivity contribution in [3.8, 4) is 0 Å². The Bertz CT molecular complexity index is 1400. The predicted molar refractivity (Wildman–Crippen MR) is 173 cm³/mol. The van der Waals surface area contributed by atoms with E-state index in [0.29, 0.717) is 12.1 Å². The molecule has 228 valence electrons. The number of rotatable bonds is 8. The van der Waals surface area contributed by atoms with Gasteiger partial charge in [0.1, 0.15) is 0 Å². The number of hydrogen-bond donors (Lipinski definition) is 0. The molecule has 11 heteroatoms. The highest BCUT2D eigenvalue weighted by atomic mass is 31.2. The summed E-state index contributed by atoms with van der Waals surface area (Å²) in [7, 11) is -2.61. The highest BCUT2D eigenvalue weighted by Crippen LogP contribution is 2.61. The van der Waals surface area contributed by atoms with Crippen molar-refractivity contribution in [2.24, 2.45) is 0 Å². The molecule has 5 saturated heterocycles. The van der Waals surface area contributed by atoms with Crippen molar-refractivity contribution in [3.05, 3.63) is 96.6 Å². The van der Waals surface area contributed by atoms with Gasteiger partial charge in [-0.25, -0.2) is 9.34 Å². The van der Waals surface area contributed by atoms with Crippen molar-refractivity contribution in [1.29, 1.82) is 0 Å². The zero-order valence-corrected chi connectivity index (χ0v) is 26.4. The lowest BCUT2D eigenvalue weighted by molar-refractivity contribution is -0.141. The van der Waals surface area contributed by atoms with Crippen molar-refractivity contribution in [3.63, 3.8) is 0 Å². The molecule has 5 aliphatic heterocycles. The number of amides is 2.